The second kappa shape index (κ2) is 8.55. The molecule has 0 unspecified atom stereocenters. The van der Waals surface area contributed by atoms with Crippen LogP contribution in [0.25, 0.3) is 0 Å². The first-order valence-corrected chi connectivity index (χ1v) is 8.99. The van der Waals surface area contributed by atoms with Crippen LogP contribution in [0.15, 0.2) is 18.2 Å². The normalized spacial score (nSPS) is 18.4. The zero-order valence-corrected chi connectivity index (χ0v) is 14.9. The highest BCUT2D eigenvalue weighted by molar-refractivity contribution is 7.80. The average molecular weight is 366 g/mol. The lowest BCUT2D eigenvalue weighted by Gasteiger charge is -2.26. The molecule has 3 rings (SSSR count). The maximum Gasteiger partial charge on any atom is 0.227 e. The Labute approximate surface area is 152 Å². The molecule has 0 bridgehead atoms. The van der Waals surface area contributed by atoms with Crippen molar-refractivity contribution in [2.75, 3.05) is 56.2 Å². The summed E-state index contributed by atoms with van der Waals surface area (Å²) in [5.41, 5.74) is 0.976. The molecule has 0 aromatic heterocycles. The largest absolute Gasteiger partial charge is 0.379 e. The van der Waals surface area contributed by atoms with Gasteiger partial charge in [-0.2, -0.15) is 0 Å². The molecule has 25 heavy (non-hydrogen) atoms. The Hall–Kier alpha value is -1.77. The number of benzene rings is 1. The number of amides is 1. The molecule has 1 aromatic carbocycles. The molecule has 0 radical (unpaired) electrons. The van der Waals surface area contributed by atoms with E-state index in [0.29, 0.717) is 29.5 Å². The highest BCUT2D eigenvalue weighted by atomic mass is 32.1. The van der Waals surface area contributed by atoms with Crippen molar-refractivity contribution in [3.8, 4) is 0 Å². The lowest BCUT2D eigenvalue weighted by molar-refractivity contribution is -0.117. The number of carbonyl (C=O) groups excluding carboxylic acids is 1. The molecule has 2 aliphatic rings. The highest BCUT2D eigenvalue weighted by Gasteiger charge is 2.24. The summed E-state index contributed by atoms with van der Waals surface area (Å²) in [5, 5.41) is 6.70. The van der Waals surface area contributed by atoms with E-state index in [2.05, 4.69) is 15.5 Å². The summed E-state index contributed by atoms with van der Waals surface area (Å²) in [5.74, 6) is -0.436. The lowest BCUT2D eigenvalue weighted by Crippen LogP contribution is -2.42. The number of nitrogens with one attached hydrogen (secondary N) is 2. The van der Waals surface area contributed by atoms with Gasteiger partial charge in [-0.15, -0.1) is 0 Å². The Bertz CT molecular complexity index is 637. The van der Waals surface area contributed by atoms with E-state index in [1.54, 1.807) is 12.1 Å². The number of morpholine rings is 1. The zero-order valence-electron chi connectivity index (χ0n) is 14.1. The SMILES string of the molecule is O=C1CCCN1c1cc(NC(=S)NCCN2CCOCC2)ccc1F. The number of hydrogen-bond donors (Lipinski definition) is 2. The Morgan fingerprint density at radius 1 is 1.28 bits per heavy atom. The minimum absolute atomic E-state index is 0.0396. The molecule has 8 heteroatoms. The van der Waals surface area contributed by atoms with Gasteiger partial charge in [0.15, 0.2) is 5.11 Å². The first kappa shape index (κ1) is 18.0. The second-order valence-corrected chi connectivity index (χ2v) is 6.56. The van der Waals surface area contributed by atoms with Gasteiger partial charge in [-0.05, 0) is 36.8 Å². The molecular weight excluding hydrogens is 343 g/mol. The van der Waals surface area contributed by atoms with Gasteiger partial charge < -0.3 is 20.3 Å². The van der Waals surface area contributed by atoms with Crippen LogP contribution in [0.2, 0.25) is 0 Å². The molecule has 2 fully saturated rings. The number of rotatable bonds is 5. The van der Waals surface area contributed by atoms with Gasteiger partial charge in [0.1, 0.15) is 5.82 Å². The quantitative estimate of drug-likeness (QED) is 0.772. The number of halogens is 1. The Morgan fingerprint density at radius 2 is 2.08 bits per heavy atom. The first-order chi connectivity index (χ1) is 12.1. The first-order valence-electron chi connectivity index (χ1n) is 8.58. The molecule has 2 saturated heterocycles. The van der Waals surface area contributed by atoms with E-state index in [4.69, 9.17) is 17.0 Å². The van der Waals surface area contributed by atoms with Gasteiger partial charge in [-0.25, -0.2) is 4.39 Å². The summed E-state index contributed by atoms with van der Waals surface area (Å²) in [6.07, 6.45) is 1.23. The van der Waals surface area contributed by atoms with Crippen molar-refractivity contribution in [2.24, 2.45) is 0 Å². The van der Waals surface area contributed by atoms with E-state index in [9.17, 15) is 9.18 Å². The Kier molecular flexibility index (Phi) is 6.17. The molecule has 1 aromatic rings. The van der Waals surface area contributed by atoms with Gasteiger partial charge in [0, 0.05) is 44.8 Å². The Morgan fingerprint density at radius 3 is 2.80 bits per heavy atom. The minimum Gasteiger partial charge on any atom is -0.379 e. The second-order valence-electron chi connectivity index (χ2n) is 6.15. The molecule has 136 valence electrons. The third-order valence-electron chi connectivity index (χ3n) is 4.39. The fourth-order valence-electron chi connectivity index (χ4n) is 3.03. The minimum atomic E-state index is -0.396. The molecule has 0 spiro atoms. The zero-order chi connectivity index (χ0) is 17.6. The topological polar surface area (TPSA) is 56.8 Å². The maximum absolute atomic E-state index is 14.1. The summed E-state index contributed by atoms with van der Waals surface area (Å²) in [6.45, 7) is 5.60. The number of hydrogen-bond acceptors (Lipinski definition) is 4. The van der Waals surface area contributed by atoms with Crippen LogP contribution < -0.4 is 15.5 Å². The van der Waals surface area contributed by atoms with Crippen LogP contribution in [0.5, 0.6) is 0 Å². The number of nitrogens with zero attached hydrogens (tertiary/aromatic N) is 2. The molecule has 2 heterocycles. The summed E-state index contributed by atoms with van der Waals surface area (Å²) in [4.78, 5) is 15.6. The predicted molar refractivity (Wildman–Crippen MR) is 99.5 cm³/mol. The summed E-state index contributed by atoms with van der Waals surface area (Å²) in [6, 6.07) is 4.61. The van der Waals surface area contributed by atoms with Crippen molar-refractivity contribution in [1.29, 1.82) is 0 Å². The standard InChI is InChI=1S/C17H23FN4O2S/c18-14-4-3-13(12-15(14)22-6-1-2-16(22)23)20-17(25)19-5-7-21-8-10-24-11-9-21/h3-4,12H,1-2,5-11H2,(H2,19,20,25). The van der Waals surface area contributed by atoms with Crippen LogP contribution in [0, 0.1) is 5.82 Å². The summed E-state index contributed by atoms with van der Waals surface area (Å²) >= 11 is 5.30. The number of carbonyl (C=O) groups is 1. The predicted octanol–water partition coefficient (Wildman–Crippen LogP) is 1.57. The van der Waals surface area contributed by atoms with Gasteiger partial charge in [-0.3, -0.25) is 9.69 Å². The average Bonchev–Trinajstić information content (AvgIpc) is 3.03. The van der Waals surface area contributed by atoms with E-state index in [-0.39, 0.29) is 5.91 Å². The smallest absolute Gasteiger partial charge is 0.227 e. The van der Waals surface area contributed by atoms with Crippen LogP contribution in [0.3, 0.4) is 0 Å². The van der Waals surface area contributed by atoms with Gasteiger partial charge in [0.25, 0.3) is 0 Å². The van der Waals surface area contributed by atoms with Crippen molar-refractivity contribution >= 4 is 34.6 Å². The molecule has 6 nitrogen and oxygen atoms in total. The van der Waals surface area contributed by atoms with Gasteiger partial charge in [-0.1, -0.05) is 0 Å². The third kappa shape index (κ3) is 4.87. The Balaban J connectivity index is 1.51. The third-order valence-corrected chi connectivity index (χ3v) is 4.63. The number of ether oxygens (including phenoxy) is 1. The maximum atomic E-state index is 14.1. The summed E-state index contributed by atoms with van der Waals surface area (Å²) in [7, 11) is 0. The van der Waals surface area contributed by atoms with E-state index >= 15 is 0 Å². The monoisotopic (exact) mass is 366 g/mol. The van der Waals surface area contributed by atoms with E-state index in [1.807, 2.05) is 0 Å². The van der Waals surface area contributed by atoms with Gasteiger partial charge in [0.05, 0.1) is 18.9 Å². The molecular formula is C17H23FN4O2S. The van der Waals surface area contributed by atoms with Crippen molar-refractivity contribution in [3.05, 3.63) is 24.0 Å². The fourth-order valence-corrected chi connectivity index (χ4v) is 3.25. The van der Waals surface area contributed by atoms with Gasteiger partial charge in [0.2, 0.25) is 5.91 Å². The van der Waals surface area contributed by atoms with Gasteiger partial charge >= 0.3 is 0 Å². The van der Waals surface area contributed by atoms with Crippen LogP contribution >= 0.6 is 12.2 Å². The van der Waals surface area contributed by atoms with Crippen molar-refractivity contribution in [2.45, 2.75) is 12.8 Å². The lowest BCUT2D eigenvalue weighted by atomic mass is 10.2. The number of thiocarbonyl (C=S) groups is 1. The fraction of sp³-hybridized carbons (Fsp3) is 0.529. The molecule has 0 saturated carbocycles. The van der Waals surface area contributed by atoms with Crippen LogP contribution in [0.4, 0.5) is 15.8 Å². The van der Waals surface area contributed by atoms with Crippen molar-refractivity contribution in [1.82, 2.24) is 10.2 Å². The van der Waals surface area contributed by atoms with E-state index in [1.165, 1.54) is 11.0 Å². The van der Waals surface area contributed by atoms with Crippen molar-refractivity contribution in [3.63, 3.8) is 0 Å². The summed E-state index contributed by atoms with van der Waals surface area (Å²) < 4.78 is 19.4. The van der Waals surface area contributed by atoms with Crippen LogP contribution in [0.1, 0.15) is 12.8 Å². The molecule has 1 amide bonds. The van der Waals surface area contributed by atoms with Crippen molar-refractivity contribution < 1.29 is 13.9 Å². The van der Waals surface area contributed by atoms with E-state index in [0.717, 1.165) is 45.8 Å². The highest BCUT2D eigenvalue weighted by Crippen LogP contribution is 2.27. The molecule has 2 aliphatic heterocycles. The number of anilines is 2. The molecule has 2 N–H and O–H groups in total. The molecule has 0 aliphatic carbocycles. The van der Waals surface area contributed by atoms with Crippen LogP contribution in [-0.2, 0) is 9.53 Å². The molecule has 0 atom stereocenters. The van der Waals surface area contributed by atoms with E-state index < -0.39 is 5.82 Å². The van der Waals surface area contributed by atoms with Crippen LogP contribution in [-0.4, -0.2) is 61.9 Å².